The van der Waals surface area contributed by atoms with Crippen LogP contribution in [0.4, 0.5) is 27.5 Å². The van der Waals surface area contributed by atoms with E-state index in [4.69, 9.17) is 0 Å². The van der Waals surface area contributed by atoms with Gasteiger partial charge in [0.1, 0.15) is 6.04 Å². The fourth-order valence-corrected chi connectivity index (χ4v) is 8.18. The number of imide groups is 2. The summed E-state index contributed by atoms with van der Waals surface area (Å²) in [6.07, 6.45) is 7.39. The molecular weight excluding hydrogens is 755 g/mol. The molecule has 5 heterocycles. The van der Waals surface area contributed by atoms with E-state index in [1.807, 2.05) is 36.5 Å². The van der Waals surface area contributed by atoms with Crippen LogP contribution in [-0.4, -0.2) is 113 Å². The third-order valence-corrected chi connectivity index (χ3v) is 11.5. The van der Waals surface area contributed by atoms with Gasteiger partial charge in [-0.1, -0.05) is 6.07 Å². The van der Waals surface area contributed by atoms with Crippen LogP contribution in [0, 0.1) is 5.92 Å². The number of carbonyl (C=O) groups is 7. The van der Waals surface area contributed by atoms with E-state index in [-0.39, 0.29) is 29.9 Å². The third kappa shape index (κ3) is 8.87. The van der Waals surface area contributed by atoms with Gasteiger partial charge >= 0.3 is 6.03 Å². The molecule has 8 amide bonds. The van der Waals surface area contributed by atoms with Gasteiger partial charge in [0.05, 0.1) is 11.1 Å². The fourth-order valence-electron chi connectivity index (χ4n) is 8.18. The Hall–Kier alpha value is -6.81. The van der Waals surface area contributed by atoms with Crippen molar-refractivity contribution >= 4 is 75.1 Å². The molecule has 0 saturated carbocycles. The number of likely N-dealkylation sites (tertiary alicyclic amines) is 1. The number of urea groups is 1. The molecule has 8 rings (SSSR count). The Morgan fingerprint density at radius 2 is 1.41 bits per heavy atom. The van der Waals surface area contributed by atoms with Crippen molar-refractivity contribution in [2.45, 2.75) is 38.1 Å². The Morgan fingerprint density at radius 1 is 0.712 bits per heavy atom. The lowest BCUT2D eigenvalue weighted by Crippen LogP contribution is -2.54. The number of hydrogen-bond acceptors (Lipinski definition) is 9. The first-order chi connectivity index (χ1) is 28.6. The summed E-state index contributed by atoms with van der Waals surface area (Å²) < 4.78 is 0. The zero-order valence-corrected chi connectivity index (χ0v) is 32.4. The van der Waals surface area contributed by atoms with Crippen LogP contribution < -0.4 is 26.2 Å². The number of aromatic amines is 1. The number of H-pyrrole nitrogens is 1. The van der Waals surface area contributed by atoms with Crippen LogP contribution >= 0.6 is 0 Å². The number of nitrogens with zero attached hydrogens (tertiary/aromatic N) is 4. The Labute approximate surface area is 339 Å². The topological polar surface area (TPSA) is 196 Å². The van der Waals surface area contributed by atoms with Gasteiger partial charge < -0.3 is 30.7 Å². The minimum Gasteiger partial charge on any atom is -0.369 e. The zero-order chi connectivity index (χ0) is 41.0. The van der Waals surface area contributed by atoms with Gasteiger partial charge in [-0.2, -0.15) is 0 Å². The summed E-state index contributed by atoms with van der Waals surface area (Å²) in [6.45, 7) is 5.43. The summed E-state index contributed by atoms with van der Waals surface area (Å²) in [7, 11) is 0. The van der Waals surface area contributed by atoms with Crippen LogP contribution in [0.2, 0.25) is 0 Å². The number of fused-ring (bicyclic) bond motifs is 2. The molecule has 1 aromatic heterocycles. The Balaban J connectivity index is 0.724. The van der Waals surface area contributed by atoms with Crippen LogP contribution in [-0.2, 0) is 19.2 Å². The molecule has 0 spiro atoms. The monoisotopic (exact) mass is 799 g/mol. The van der Waals surface area contributed by atoms with Crippen molar-refractivity contribution in [1.29, 1.82) is 0 Å². The van der Waals surface area contributed by atoms with E-state index in [9.17, 15) is 33.6 Å². The van der Waals surface area contributed by atoms with E-state index in [1.54, 1.807) is 41.3 Å². The second-order valence-corrected chi connectivity index (χ2v) is 15.3. The van der Waals surface area contributed by atoms with E-state index >= 15 is 0 Å². The van der Waals surface area contributed by atoms with Crippen molar-refractivity contribution in [2.75, 3.05) is 66.7 Å². The van der Waals surface area contributed by atoms with Crippen LogP contribution in [0.15, 0.2) is 85.1 Å². The number of hydrogen-bond donors (Lipinski definition) is 5. The number of amides is 8. The molecule has 304 valence electrons. The molecule has 3 fully saturated rings. The molecule has 16 heteroatoms. The second kappa shape index (κ2) is 17.0. The highest BCUT2D eigenvalue weighted by Crippen LogP contribution is 2.31. The fraction of sp³-hybridized carbons (Fsp3) is 0.326. The minimum absolute atomic E-state index is 0.0784. The molecule has 0 aliphatic carbocycles. The molecular formula is C43H45N9O7. The molecule has 1 unspecified atom stereocenters. The Morgan fingerprint density at radius 3 is 2.15 bits per heavy atom. The molecule has 3 saturated heterocycles. The van der Waals surface area contributed by atoms with Gasteiger partial charge in [-0.15, -0.1) is 0 Å². The van der Waals surface area contributed by atoms with Crippen molar-refractivity contribution in [3.8, 4) is 0 Å². The number of piperazine rings is 1. The highest BCUT2D eigenvalue weighted by Gasteiger charge is 2.44. The normalized spacial score (nSPS) is 19.0. The largest absolute Gasteiger partial charge is 0.369 e. The van der Waals surface area contributed by atoms with Crippen molar-refractivity contribution < 1.29 is 33.6 Å². The number of nitrogens with one attached hydrogen (secondary N) is 5. The highest BCUT2D eigenvalue weighted by atomic mass is 16.2. The number of benzene rings is 3. The molecule has 4 aromatic rings. The van der Waals surface area contributed by atoms with E-state index in [1.165, 1.54) is 12.2 Å². The molecule has 3 aromatic carbocycles. The van der Waals surface area contributed by atoms with Crippen molar-refractivity contribution in [3.05, 3.63) is 96.2 Å². The van der Waals surface area contributed by atoms with Gasteiger partial charge in [0.15, 0.2) is 0 Å². The third-order valence-electron chi connectivity index (χ3n) is 11.5. The zero-order valence-electron chi connectivity index (χ0n) is 32.4. The minimum atomic E-state index is -0.988. The smallest absolute Gasteiger partial charge is 0.323 e. The van der Waals surface area contributed by atoms with Crippen molar-refractivity contribution in [3.63, 3.8) is 0 Å². The van der Waals surface area contributed by atoms with E-state index in [0.29, 0.717) is 36.1 Å². The van der Waals surface area contributed by atoms with E-state index in [2.05, 4.69) is 36.1 Å². The molecule has 0 radical (unpaired) electrons. The van der Waals surface area contributed by atoms with Crippen molar-refractivity contribution in [2.24, 2.45) is 5.92 Å². The van der Waals surface area contributed by atoms with Gasteiger partial charge in [0, 0.05) is 92.3 Å². The summed E-state index contributed by atoms with van der Waals surface area (Å²) in [5, 5.41) is 11.6. The van der Waals surface area contributed by atoms with E-state index in [0.717, 1.165) is 73.5 Å². The van der Waals surface area contributed by atoms with Gasteiger partial charge in [-0.3, -0.25) is 43.9 Å². The lowest BCUT2D eigenvalue weighted by molar-refractivity contribution is -0.136. The lowest BCUT2D eigenvalue weighted by atomic mass is 9.93. The SMILES string of the molecule is O=C(/C=C/C(=O)N1CCC(CCN2CCN(c3ccc4c(c3)C(=O)N(C3CCC(=O)NC3=O)C4=O)CC2)CC1)Nc1ccc(NC(=O)Nc2ccc3cc[nH]c3c2)cc1. The number of rotatable bonds is 10. The number of aromatic nitrogens is 1. The van der Waals surface area contributed by atoms with E-state index < -0.39 is 41.6 Å². The van der Waals surface area contributed by atoms with Crippen LogP contribution in [0.5, 0.6) is 0 Å². The molecule has 1 atom stereocenters. The predicted octanol–water partition coefficient (Wildman–Crippen LogP) is 4.16. The van der Waals surface area contributed by atoms with Gasteiger partial charge in [-0.05, 0) is 104 Å². The van der Waals surface area contributed by atoms with Gasteiger partial charge in [-0.25, -0.2) is 4.79 Å². The maximum atomic E-state index is 13.3. The number of carbonyl (C=O) groups excluding carboxylic acids is 7. The highest BCUT2D eigenvalue weighted by molar-refractivity contribution is 6.23. The summed E-state index contributed by atoms with van der Waals surface area (Å²) in [5.41, 5.74) is 4.05. The standard InChI is InChI=1S/C43H45N9O7/c53-37(45-29-3-5-30(6-4-29)46-43(59)47-31-2-1-28-13-17-44-35(28)25-31)11-12-39(55)51-19-15-27(16-20-51)14-18-49-21-23-50(24-22-49)32-7-8-33-34(26-32)42(58)52(41(33)57)36-9-10-38(54)48-40(36)56/h1-8,11-13,17,25-27,36,44H,9-10,14-16,18-24H2,(H,45,53)(H2,46,47,59)(H,48,54,56)/b12-11+. The maximum absolute atomic E-state index is 13.3. The van der Waals surface area contributed by atoms with Crippen molar-refractivity contribution in [1.82, 2.24) is 25.0 Å². The molecule has 4 aliphatic rings. The maximum Gasteiger partial charge on any atom is 0.323 e. The first-order valence-electron chi connectivity index (χ1n) is 19.9. The number of piperidine rings is 2. The number of anilines is 4. The lowest BCUT2D eigenvalue weighted by Gasteiger charge is -2.37. The summed E-state index contributed by atoms with van der Waals surface area (Å²) >= 11 is 0. The van der Waals surface area contributed by atoms with Crippen LogP contribution in [0.1, 0.15) is 52.8 Å². The molecule has 0 bridgehead atoms. The quantitative estimate of drug-likeness (QED) is 0.116. The first kappa shape index (κ1) is 39.0. The first-order valence-corrected chi connectivity index (χ1v) is 19.9. The average molecular weight is 800 g/mol. The predicted molar refractivity (Wildman–Crippen MR) is 221 cm³/mol. The van der Waals surface area contributed by atoms with Crippen LogP contribution in [0.3, 0.4) is 0 Å². The molecule has 16 nitrogen and oxygen atoms in total. The Kier molecular flexibility index (Phi) is 11.2. The Bertz CT molecular complexity index is 2340. The summed E-state index contributed by atoms with van der Waals surface area (Å²) in [6, 6.07) is 18.1. The van der Waals surface area contributed by atoms with Gasteiger partial charge in [0.25, 0.3) is 11.8 Å². The average Bonchev–Trinajstić information content (AvgIpc) is 3.81. The molecule has 4 aliphatic heterocycles. The molecule has 59 heavy (non-hydrogen) atoms. The second-order valence-electron chi connectivity index (χ2n) is 15.3. The van der Waals surface area contributed by atoms with Crippen LogP contribution in [0.25, 0.3) is 10.9 Å². The van der Waals surface area contributed by atoms with Gasteiger partial charge in [0.2, 0.25) is 23.6 Å². The molecule has 5 N–H and O–H groups in total. The summed E-state index contributed by atoms with van der Waals surface area (Å²) in [5.74, 6) is -2.17. The summed E-state index contributed by atoms with van der Waals surface area (Å²) in [4.78, 5) is 98.8.